The molecule has 4 aromatic rings. The van der Waals surface area contributed by atoms with E-state index in [4.69, 9.17) is 0 Å². The Balaban J connectivity index is 1.85. The number of hydrogen-bond acceptors (Lipinski definition) is 4. The van der Waals surface area contributed by atoms with Crippen LogP contribution in [0.15, 0.2) is 67.0 Å². The van der Waals surface area contributed by atoms with Gasteiger partial charge in [-0.3, -0.25) is 4.98 Å². The average Bonchev–Trinajstić information content (AvgIpc) is 2.71. The Labute approximate surface area is 160 Å². The van der Waals surface area contributed by atoms with Crippen molar-refractivity contribution < 1.29 is 13.9 Å². The monoisotopic (exact) mass is 377 g/mol. The van der Waals surface area contributed by atoms with Gasteiger partial charge in [-0.05, 0) is 42.3 Å². The highest BCUT2D eigenvalue weighted by atomic mass is 19.1. The number of anilines is 1. The number of rotatable bonds is 4. The number of fused-ring (bicyclic) bond motifs is 1. The molecule has 2 heterocycles. The second-order valence-electron chi connectivity index (χ2n) is 6.53. The Kier molecular flexibility index (Phi) is 4.61. The van der Waals surface area contributed by atoms with Crippen LogP contribution in [0.1, 0.15) is 22.7 Å². The minimum absolute atomic E-state index is 0.00121. The fraction of sp³-hybridized carbons (Fsp3) is 0.0909. The smallest absolute Gasteiger partial charge is 0.147 e. The molecule has 2 aromatic carbocycles. The van der Waals surface area contributed by atoms with E-state index in [-0.39, 0.29) is 11.6 Å². The molecular weight excluding hydrogens is 360 g/mol. The van der Waals surface area contributed by atoms with E-state index in [2.05, 4.69) is 15.3 Å². The van der Waals surface area contributed by atoms with Gasteiger partial charge in [-0.1, -0.05) is 30.3 Å². The molecule has 2 aromatic heterocycles. The first-order valence-corrected chi connectivity index (χ1v) is 8.73. The van der Waals surface area contributed by atoms with Crippen LogP contribution in [0.3, 0.4) is 0 Å². The van der Waals surface area contributed by atoms with Crippen LogP contribution in [0.4, 0.5) is 14.6 Å². The average molecular weight is 377 g/mol. The fourth-order valence-electron chi connectivity index (χ4n) is 3.12. The molecule has 0 fully saturated rings. The van der Waals surface area contributed by atoms with Gasteiger partial charge in [0, 0.05) is 17.1 Å². The molecule has 0 saturated heterocycles. The first-order chi connectivity index (χ1) is 13.5. The van der Waals surface area contributed by atoms with Gasteiger partial charge in [-0.25, -0.2) is 13.8 Å². The van der Waals surface area contributed by atoms with Crippen LogP contribution in [-0.2, 0) is 0 Å². The van der Waals surface area contributed by atoms with E-state index < -0.39 is 11.9 Å². The molecule has 6 heteroatoms. The van der Waals surface area contributed by atoms with E-state index in [1.54, 1.807) is 37.4 Å². The molecule has 4 rings (SSSR count). The molecule has 0 amide bonds. The number of benzene rings is 2. The molecule has 1 atom stereocenters. The predicted octanol–water partition coefficient (Wildman–Crippen LogP) is 5.12. The molecule has 0 aliphatic rings. The van der Waals surface area contributed by atoms with Gasteiger partial charge in [0.05, 0.1) is 12.2 Å². The number of pyridine rings is 2. The van der Waals surface area contributed by atoms with E-state index in [0.717, 1.165) is 11.6 Å². The lowest BCUT2D eigenvalue weighted by atomic mass is 9.95. The van der Waals surface area contributed by atoms with Crippen molar-refractivity contribution in [2.75, 3.05) is 5.32 Å². The van der Waals surface area contributed by atoms with Crippen LogP contribution in [0.2, 0.25) is 0 Å². The highest BCUT2D eigenvalue weighted by molar-refractivity contribution is 5.86. The topological polar surface area (TPSA) is 58.0 Å². The third kappa shape index (κ3) is 3.36. The molecule has 0 saturated carbocycles. The van der Waals surface area contributed by atoms with Gasteiger partial charge in [0.2, 0.25) is 0 Å². The first kappa shape index (κ1) is 17.9. The maximum Gasteiger partial charge on any atom is 0.147 e. The van der Waals surface area contributed by atoms with Crippen molar-refractivity contribution >= 4 is 16.7 Å². The highest BCUT2D eigenvalue weighted by Crippen LogP contribution is 2.36. The zero-order valence-corrected chi connectivity index (χ0v) is 15.0. The number of nitrogens with one attached hydrogen (secondary N) is 1. The molecule has 1 unspecified atom stereocenters. The van der Waals surface area contributed by atoms with Crippen molar-refractivity contribution in [2.24, 2.45) is 0 Å². The van der Waals surface area contributed by atoms with Crippen molar-refractivity contribution in [1.29, 1.82) is 0 Å². The largest absolute Gasteiger partial charge is 0.505 e. The Bertz CT molecular complexity index is 1150. The number of nitrogens with zero attached hydrogens (tertiary/aromatic N) is 2. The molecule has 0 radical (unpaired) electrons. The molecule has 140 valence electrons. The second-order valence-corrected chi connectivity index (χ2v) is 6.53. The number of halogens is 2. The van der Waals surface area contributed by atoms with Gasteiger partial charge < -0.3 is 10.4 Å². The first-order valence-electron chi connectivity index (χ1n) is 8.73. The number of phenolic OH excluding ortho intramolecular Hbond substituents is 1. The van der Waals surface area contributed by atoms with Gasteiger partial charge in [0.15, 0.2) is 0 Å². The van der Waals surface area contributed by atoms with Gasteiger partial charge in [-0.15, -0.1) is 0 Å². The number of aryl methyl sites for hydroxylation is 1. The Morgan fingerprint density at radius 1 is 1.00 bits per heavy atom. The SMILES string of the molecule is Cc1ccc(C(Nc2ccc(F)cn2)c2ccc3cccnc3c2O)cc1F. The molecule has 4 nitrogen and oxygen atoms in total. The molecule has 28 heavy (non-hydrogen) atoms. The number of hydrogen-bond donors (Lipinski definition) is 2. The summed E-state index contributed by atoms with van der Waals surface area (Å²) in [4.78, 5) is 8.27. The Morgan fingerprint density at radius 2 is 1.86 bits per heavy atom. The number of aromatic nitrogens is 2. The summed E-state index contributed by atoms with van der Waals surface area (Å²) in [6.45, 7) is 1.68. The minimum atomic E-state index is -0.612. The zero-order valence-electron chi connectivity index (χ0n) is 15.0. The molecule has 0 bridgehead atoms. The zero-order chi connectivity index (χ0) is 19.7. The van der Waals surface area contributed by atoms with Crippen molar-refractivity contribution in [3.05, 3.63) is 95.3 Å². The summed E-state index contributed by atoms with van der Waals surface area (Å²) in [5.74, 6) is -0.414. The van der Waals surface area contributed by atoms with Gasteiger partial charge >= 0.3 is 0 Å². The Hall–Kier alpha value is -3.54. The summed E-state index contributed by atoms with van der Waals surface area (Å²) in [6.07, 6.45) is 2.69. The number of aromatic hydroxyl groups is 1. The standard InChI is InChI=1S/C22H17F2N3O/c1-13-4-5-15(11-18(13)24)20(27-19-9-7-16(23)12-26-19)17-8-6-14-3-2-10-25-21(14)22(17)28/h2-12,20,28H,1H3,(H,26,27). The van der Waals surface area contributed by atoms with Gasteiger partial charge in [0.1, 0.15) is 28.7 Å². The maximum absolute atomic E-state index is 14.2. The molecule has 2 N–H and O–H groups in total. The molecule has 0 spiro atoms. The lowest BCUT2D eigenvalue weighted by molar-refractivity contribution is 0.471. The van der Waals surface area contributed by atoms with Crippen LogP contribution < -0.4 is 5.32 Å². The quantitative estimate of drug-likeness (QED) is 0.518. The number of phenols is 1. The summed E-state index contributed by atoms with van der Waals surface area (Å²) in [7, 11) is 0. The lowest BCUT2D eigenvalue weighted by Gasteiger charge is -2.22. The van der Waals surface area contributed by atoms with Crippen LogP contribution >= 0.6 is 0 Å². The summed E-state index contributed by atoms with van der Waals surface area (Å²) >= 11 is 0. The van der Waals surface area contributed by atoms with E-state index in [1.165, 1.54) is 18.2 Å². The summed E-state index contributed by atoms with van der Waals surface area (Å²) in [5, 5.41) is 14.8. The third-order valence-corrected chi connectivity index (χ3v) is 4.64. The van der Waals surface area contributed by atoms with Crippen molar-refractivity contribution in [2.45, 2.75) is 13.0 Å². The molecule has 0 aliphatic heterocycles. The normalized spacial score (nSPS) is 12.1. The van der Waals surface area contributed by atoms with Gasteiger partial charge in [0.25, 0.3) is 0 Å². The maximum atomic E-state index is 14.2. The van der Waals surface area contributed by atoms with Crippen molar-refractivity contribution in [3.63, 3.8) is 0 Å². The van der Waals surface area contributed by atoms with Crippen molar-refractivity contribution in [1.82, 2.24) is 9.97 Å². The van der Waals surface area contributed by atoms with Crippen LogP contribution in [-0.4, -0.2) is 15.1 Å². The predicted molar refractivity (Wildman–Crippen MR) is 104 cm³/mol. The van der Waals surface area contributed by atoms with Crippen molar-refractivity contribution in [3.8, 4) is 5.75 Å². The molecular formula is C22H17F2N3O. The van der Waals surface area contributed by atoms with Crippen LogP contribution in [0, 0.1) is 18.6 Å². The van der Waals surface area contributed by atoms with E-state index in [1.807, 2.05) is 12.1 Å². The van der Waals surface area contributed by atoms with Crippen LogP contribution in [0.25, 0.3) is 10.9 Å². The third-order valence-electron chi connectivity index (χ3n) is 4.64. The Morgan fingerprint density at radius 3 is 2.61 bits per heavy atom. The second kappa shape index (κ2) is 7.23. The summed E-state index contributed by atoms with van der Waals surface area (Å²) in [5.41, 5.74) is 2.08. The lowest BCUT2D eigenvalue weighted by Crippen LogP contribution is -2.14. The summed E-state index contributed by atoms with van der Waals surface area (Å²) < 4.78 is 27.5. The molecule has 0 aliphatic carbocycles. The minimum Gasteiger partial charge on any atom is -0.505 e. The fourth-order valence-corrected chi connectivity index (χ4v) is 3.12. The van der Waals surface area contributed by atoms with E-state index in [0.29, 0.717) is 28.0 Å². The summed E-state index contributed by atoms with van der Waals surface area (Å²) in [6, 6.07) is 14.3. The van der Waals surface area contributed by atoms with E-state index in [9.17, 15) is 13.9 Å². The van der Waals surface area contributed by atoms with E-state index >= 15 is 0 Å². The van der Waals surface area contributed by atoms with Crippen LogP contribution in [0.5, 0.6) is 5.75 Å². The highest BCUT2D eigenvalue weighted by Gasteiger charge is 2.21. The van der Waals surface area contributed by atoms with Gasteiger partial charge in [-0.2, -0.15) is 0 Å².